The van der Waals surface area contributed by atoms with E-state index >= 15 is 0 Å². The lowest BCUT2D eigenvalue weighted by atomic mass is 9.94. The lowest BCUT2D eigenvalue weighted by Crippen LogP contribution is -2.44. The molecule has 1 fully saturated rings. The molecule has 1 aromatic heterocycles. The van der Waals surface area contributed by atoms with Gasteiger partial charge in [-0.2, -0.15) is 0 Å². The Morgan fingerprint density at radius 1 is 1.52 bits per heavy atom. The molecule has 4 nitrogen and oxygen atoms in total. The number of rotatable bonds is 6. The second-order valence-electron chi connectivity index (χ2n) is 6.28. The normalized spacial score (nSPS) is 19.2. The van der Waals surface area contributed by atoms with Crippen LogP contribution in [0.4, 0.5) is 0 Å². The number of hydrogen-bond donors (Lipinski definition) is 1. The molecule has 21 heavy (non-hydrogen) atoms. The first-order valence-electron chi connectivity index (χ1n) is 8.07. The second kappa shape index (κ2) is 7.90. The second-order valence-corrected chi connectivity index (χ2v) is 7.23. The third-order valence-electron chi connectivity index (χ3n) is 4.09. The highest BCUT2D eigenvalue weighted by molar-refractivity contribution is 7.09. The van der Waals surface area contributed by atoms with Crippen molar-refractivity contribution >= 4 is 17.2 Å². The van der Waals surface area contributed by atoms with Crippen molar-refractivity contribution < 1.29 is 4.79 Å². The number of aromatic nitrogens is 1. The molecule has 0 aromatic carbocycles. The molecule has 0 bridgehead atoms. The van der Waals surface area contributed by atoms with E-state index in [0.717, 1.165) is 37.2 Å². The van der Waals surface area contributed by atoms with E-state index in [1.165, 1.54) is 12.8 Å². The number of nitrogens with zero attached hydrogens (tertiary/aromatic N) is 2. The van der Waals surface area contributed by atoms with Crippen molar-refractivity contribution in [3.05, 3.63) is 16.1 Å². The van der Waals surface area contributed by atoms with Gasteiger partial charge in [0, 0.05) is 24.4 Å². The number of hydrogen-bond acceptors (Lipinski definition) is 4. The Morgan fingerprint density at radius 3 is 3.05 bits per heavy atom. The summed E-state index contributed by atoms with van der Waals surface area (Å²) < 4.78 is 0. The fraction of sp³-hybridized carbons (Fsp3) is 0.750. The molecule has 1 atom stereocenters. The molecule has 1 aliphatic heterocycles. The predicted molar refractivity (Wildman–Crippen MR) is 87.6 cm³/mol. The van der Waals surface area contributed by atoms with E-state index in [0.29, 0.717) is 24.2 Å². The van der Waals surface area contributed by atoms with Gasteiger partial charge in [0.2, 0.25) is 0 Å². The number of thiazole rings is 1. The van der Waals surface area contributed by atoms with Crippen LogP contribution in [-0.2, 0) is 6.42 Å². The SMILES string of the molecule is CC(C)CCC1CCCCN1C(=O)c1csc(CCN)n1. The minimum absolute atomic E-state index is 0.114. The third-order valence-corrected chi connectivity index (χ3v) is 5.00. The van der Waals surface area contributed by atoms with Gasteiger partial charge in [0.25, 0.3) is 5.91 Å². The molecule has 0 aliphatic carbocycles. The van der Waals surface area contributed by atoms with Crippen LogP contribution < -0.4 is 5.73 Å². The van der Waals surface area contributed by atoms with Crippen molar-refractivity contribution in [3.8, 4) is 0 Å². The van der Waals surface area contributed by atoms with Gasteiger partial charge in [-0.1, -0.05) is 13.8 Å². The molecule has 1 aromatic rings. The first-order chi connectivity index (χ1) is 10.1. The lowest BCUT2D eigenvalue weighted by Gasteiger charge is -2.35. The summed E-state index contributed by atoms with van der Waals surface area (Å²) in [5, 5.41) is 2.86. The number of nitrogens with two attached hydrogens (primary N) is 1. The molecule has 118 valence electrons. The monoisotopic (exact) mass is 309 g/mol. The summed E-state index contributed by atoms with van der Waals surface area (Å²) in [7, 11) is 0. The maximum atomic E-state index is 12.7. The van der Waals surface area contributed by atoms with E-state index in [2.05, 4.69) is 23.7 Å². The summed E-state index contributed by atoms with van der Waals surface area (Å²) in [6, 6.07) is 0.397. The standard InChI is InChI=1S/C16H27N3OS/c1-12(2)6-7-13-5-3-4-10-19(13)16(20)14-11-21-15(18-14)8-9-17/h11-13H,3-10,17H2,1-2H3. The van der Waals surface area contributed by atoms with Crippen LogP contribution in [0, 0.1) is 5.92 Å². The summed E-state index contributed by atoms with van der Waals surface area (Å²) in [5.41, 5.74) is 6.16. The maximum absolute atomic E-state index is 12.7. The lowest BCUT2D eigenvalue weighted by molar-refractivity contribution is 0.0588. The van der Waals surface area contributed by atoms with Crippen LogP contribution in [-0.4, -0.2) is 34.9 Å². The van der Waals surface area contributed by atoms with Crippen LogP contribution in [0.5, 0.6) is 0 Å². The molecular weight excluding hydrogens is 282 g/mol. The Balaban J connectivity index is 2.03. The fourth-order valence-corrected chi connectivity index (χ4v) is 3.68. The highest BCUT2D eigenvalue weighted by Crippen LogP contribution is 2.25. The van der Waals surface area contributed by atoms with Crippen LogP contribution in [0.15, 0.2) is 5.38 Å². The van der Waals surface area contributed by atoms with E-state index in [9.17, 15) is 4.79 Å². The third kappa shape index (κ3) is 4.51. The zero-order valence-corrected chi connectivity index (χ0v) is 14.0. The average molecular weight is 309 g/mol. The number of carbonyl (C=O) groups is 1. The van der Waals surface area contributed by atoms with E-state index in [4.69, 9.17) is 5.73 Å². The molecule has 0 radical (unpaired) electrons. The fourth-order valence-electron chi connectivity index (χ4n) is 2.89. The van der Waals surface area contributed by atoms with E-state index in [1.807, 2.05) is 5.38 Å². The molecule has 0 saturated carbocycles. The highest BCUT2D eigenvalue weighted by atomic mass is 32.1. The van der Waals surface area contributed by atoms with Gasteiger partial charge in [-0.15, -0.1) is 11.3 Å². The summed E-state index contributed by atoms with van der Waals surface area (Å²) in [5.74, 6) is 0.808. The van der Waals surface area contributed by atoms with Crippen molar-refractivity contribution in [3.63, 3.8) is 0 Å². The van der Waals surface area contributed by atoms with Gasteiger partial charge in [0.05, 0.1) is 5.01 Å². The first-order valence-corrected chi connectivity index (χ1v) is 8.95. The maximum Gasteiger partial charge on any atom is 0.273 e. The van der Waals surface area contributed by atoms with E-state index in [-0.39, 0.29) is 5.91 Å². The predicted octanol–water partition coefficient (Wildman–Crippen LogP) is 3.08. The van der Waals surface area contributed by atoms with Crippen molar-refractivity contribution in [2.75, 3.05) is 13.1 Å². The van der Waals surface area contributed by atoms with Crippen molar-refractivity contribution in [1.29, 1.82) is 0 Å². The molecule has 1 aliphatic rings. The molecule has 2 N–H and O–H groups in total. The summed E-state index contributed by atoms with van der Waals surface area (Å²) in [6.45, 7) is 5.95. The highest BCUT2D eigenvalue weighted by Gasteiger charge is 2.28. The van der Waals surface area contributed by atoms with Crippen LogP contribution in [0.2, 0.25) is 0 Å². The van der Waals surface area contributed by atoms with Crippen LogP contribution in [0.1, 0.15) is 61.4 Å². The van der Waals surface area contributed by atoms with Crippen LogP contribution in [0.25, 0.3) is 0 Å². The molecule has 1 saturated heterocycles. The Hall–Kier alpha value is -0.940. The van der Waals surface area contributed by atoms with Gasteiger partial charge in [-0.25, -0.2) is 4.98 Å². The zero-order valence-electron chi connectivity index (χ0n) is 13.2. The quantitative estimate of drug-likeness (QED) is 0.878. The van der Waals surface area contributed by atoms with E-state index in [1.54, 1.807) is 11.3 Å². The van der Waals surface area contributed by atoms with Gasteiger partial charge in [0.15, 0.2) is 0 Å². The first kappa shape index (κ1) is 16.4. The van der Waals surface area contributed by atoms with Crippen LogP contribution >= 0.6 is 11.3 Å². The van der Waals surface area contributed by atoms with Gasteiger partial charge in [-0.05, 0) is 44.6 Å². The minimum Gasteiger partial charge on any atom is -0.334 e. The van der Waals surface area contributed by atoms with Gasteiger partial charge in [0.1, 0.15) is 5.69 Å². The summed E-state index contributed by atoms with van der Waals surface area (Å²) in [6.07, 6.45) is 6.55. The minimum atomic E-state index is 0.114. The topological polar surface area (TPSA) is 59.2 Å². The van der Waals surface area contributed by atoms with Crippen molar-refractivity contribution in [1.82, 2.24) is 9.88 Å². The average Bonchev–Trinajstić information content (AvgIpc) is 2.94. The molecular formula is C16H27N3OS. The largest absolute Gasteiger partial charge is 0.334 e. The molecule has 1 unspecified atom stereocenters. The van der Waals surface area contributed by atoms with Crippen LogP contribution in [0.3, 0.4) is 0 Å². The number of amides is 1. The molecule has 0 spiro atoms. The van der Waals surface area contributed by atoms with Gasteiger partial charge < -0.3 is 10.6 Å². The van der Waals surface area contributed by atoms with E-state index < -0.39 is 0 Å². The molecule has 1 amide bonds. The Bertz CT molecular complexity index is 458. The Kier molecular flexibility index (Phi) is 6.18. The summed E-state index contributed by atoms with van der Waals surface area (Å²) >= 11 is 1.55. The number of piperidine rings is 1. The van der Waals surface area contributed by atoms with Crippen molar-refractivity contribution in [2.24, 2.45) is 11.7 Å². The summed E-state index contributed by atoms with van der Waals surface area (Å²) in [4.78, 5) is 19.2. The number of likely N-dealkylation sites (tertiary alicyclic amines) is 1. The molecule has 2 rings (SSSR count). The van der Waals surface area contributed by atoms with Gasteiger partial charge >= 0.3 is 0 Å². The zero-order chi connectivity index (χ0) is 15.2. The van der Waals surface area contributed by atoms with Crippen molar-refractivity contribution in [2.45, 2.75) is 58.4 Å². The molecule has 5 heteroatoms. The Morgan fingerprint density at radius 2 is 2.33 bits per heavy atom. The molecule has 2 heterocycles. The smallest absolute Gasteiger partial charge is 0.273 e. The Labute approximate surface area is 131 Å². The number of carbonyl (C=O) groups excluding carboxylic acids is 1. The van der Waals surface area contributed by atoms with Gasteiger partial charge in [-0.3, -0.25) is 4.79 Å².